The molecule has 2 amide bonds. The molecule has 6 heteroatoms. The molecule has 1 aliphatic heterocycles. The Hall–Kier alpha value is -3.80. The van der Waals surface area contributed by atoms with Crippen LogP contribution in [0, 0.1) is 0 Å². The third-order valence-electron chi connectivity index (χ3n) is 6.67. The second-order valence-corrected chi connectivity index (χ2v) is 8.61. The molecule has 0 aliphatic carbocycles. The van der Waals surface area contributed by atoms with Crippen LogP contribution < -0.4 is 15.2 Å². The lowest BCUT2D eigenvalue weighted by Crippen LogP contribution is -2.58. The highest BCUT2D eigenvalue weighted by Gasteiger charge is 2.50. The molecule has 0 aromatic heterocycles. The van der Waals surface area contributed by atoms with Gasteiger partial charge in [0.25, 0.3) is 0 Å². The molecule has 0 spiro atoms. The normalized spacial score (nSPS) is 17.6. The number of ether oxygens (including phenoxy) is 2. The van der Waals surface area contributed by atoms with Crippen LogP contribution in [0.5, 0.6) is 11.5 Å². The summed E-state index contributed by atoms with van der Waals surface area (Å²) in [6.07, 6.45) is 1.53. The zero-order chi connectivity index (χ0) is 24.1. The number of carbonyl (C=O) groups excluding carboxylic acids is 2. The van der Waals surface area contributed by atoms with E-state index in [1.807, 2.05) is 72.8 Å². The molecular weight excluding hydrogens is 428 g/mol. The van der Waals surface area contributed by atoms with Crippen LogP contribution in [-0.2, 0) is 16.0 Å². The number of hydrogen-bond acceptors (Lipinski definition) is 4. The van der Waals surface area contributed by atoms with E-state index in [9.17, 15) is 9.59 Å². The molecule has 2 N–H and O–H groups in total. The standard InChI is InChI=1S/C28H30N2O4/c1-33-23-15-14-20(18-24(23)34-2)19-28(27(29)32)16-9-17-30(28)26(31)25(21-10-5-3-6-11-21)22-12-7-4-8-13-22/h3-8,10-15,18,25H,9,16-17,19H2,1-2H3,(H2,29,32). The van der Waals surface area contributed by atoms with Crippen molar-refractivity contribution < 1.29 is 19.1 Å². The molecular formula is C28H30N2O4. The molecule has 3 aromatic carbocycles. The molecule has 4 rings (SSSR count). The minimum absolute atomic E-state index is 0.117. The van der Waals surface area contributed by atoms with Gasteiger partial charge in [-0.05, 0) is 41.7 Å². The maximum Gasteiger partial charge on any atom is 0.243 e. The van der Waals surface area contributed by atoms with Crippen molar-refractivity contribution in [2.24, 2.45) is 5.73 Å². The highest BCUT2D eigenvalue weighted by Crippen LogP contribution is 2.39. The molecule has 0 saturated carbocycles. The summed E-state index contributed by atoms with van der Waals surface area (Å²) < 4.78 is 10.8. The average Bonchev–Trinajstić information content (AvgIpc) is 3.30. The second-order valence-electron chi connectivity index (χ2n) is 8.61. The van der Waals surface area contributed by atoms with E-state index in [-0.39, 0.29) is 5.91 Å². The number of carbonyl (C=O) groups is 2. The summed E-state index contributed by atoms with van der Waals surface area (Å²) in [5.74, 6) is 0.0423. The van der Waals surface area contributed by atoms with Crippen molar-refractivity contribution in [1.82, 2.24) is 4.90 Å². The van der Waals surface area contributed by atoms with Gasteiger partial charge in [-0.2, -0.15) is 0 Å². The topological polar surface area (TPSA) is 81.9 Å². The number of methoxy groups -OCH3 is 2. The summed E-state index contributed by atoms with van der Waals surface area (Å²) in [5.41, 5.74) is 7.53. The smallest absolute Gasteiger partial charge is 0.243 e. The number of nitrogens with zero attached hydrogens (tertiary/aromatic N) is 1. The zero-order valence-electron chi connectivity index (χ0n) is 19.6. The quantitative estimate of drug-likeness (QED) is 0.555. The van der Waals surface area contributed by atoms with Gasteiger partial charge in [0.05, 0.1) is 20.1 Å². The first-order valence-electron chi connectivity index (χ1n) is 11.4. The number of primary amides is 1. The predicted molar refractivity (Wildman–Crippen MR) is 131 cm³/mol. The fourth-order valence-electron chi connectivity index (χ4n) is 4.98. The third kappa shape index (κ3) is 4.36. The molecule has 1 unspecified atom stereocenters. The van der Waals surface area contributed by atoms with Gasteiger partial charge < -0.3 is 20.1 Å². The first-order chi connectivity index (χ1) is 16.5. The molecule has 0 bridgehead atoms. The number of nitrogens with two attached hydrogens (primary N) is 1. The maximum atomic E-state index is 14.2. The van der Waals surface area contributed by atoms with Gasteiger partial charge in [-0.3, -0.25) is 9.59 Å². The summed E-state index contributed by atoms with van der Waals surface area (Å²) in [6, 6.07) is 24.9. The van der Waals surface area contributed by atoms with Crippen LogP contribution >= 0.6 is 0 Å². The van der Waals surface area contributed by atoms with Crippen LogP contribution in [0.2, 0.25) is 0 Å². The van der Waals surface area contributed by atoms with Crippen LogP contribution in [0.3, 0.4) is 0 Å². The van der Waals surface area contributed by atoms with Crippen molar-refractivity contribution >= 4 is 11.8 Å². The number of rotatable bonds is 8. The Labute approximate surface area is 200 Å². The lowest BCUT2D eigenvalue weighted by Gasteiger charge is -2.38. The van der Waals surface area contributed by atoms with E-state index in [4.69, 9.17) is 15.2 Å². The van der Waals surface area contributed by atoms with Gasteiger partial charge in [-0.25, -0.2) is 0 Å². The Kier molecular flexibility index (Phi) is 6.87. The van der Waals surface area contributed by atoms with Crippen molar-refractivity contribution in [3.8, 4) is 11.5 Å². The molecule has 3 aromatic rings. The van der Waals surface area contributed by atoms with Crippen molar-refractivity contribution in [2.75, 3.05) is 20.8 Å². The van der Waals surface area contributed by atoms with Crippen molar-refractivity contribution in [2.45, 2.75) is 30.7 Å². The van der Waals surface area contributed by atoms with Crippen LogP contribution in [0.4, 0.5) is 0 Å². The molecule has 1 heterocycles. The lowest BCUT2D eigenvalue weighted by molar-refractivity contribution is -0.144. The Balaban J connectivity index is 1.74. The van der Waals surface area contributed by atoms with E-state index in [1.54, 1.807) is 25.2 Å². The Morgan fingerprint density at radius 2 is 1.50 bits per heavy atom. The van der Waals surface area contributed by atoms with E-state index in [0.29, 0.717) is 37.3 Å². The Bertz CT molecular complexity index is 1110. The Morgan fingerprint density at radius 3 is 2.03 bits per heavy atom. The molecule has 1 fully saturated rings. The highest BCUT2D eigenvalue weighted by atomic mass is 16.5. The first-order valence-corrected chi connectivity index (χ1v) is 11.4. The van der Waals surface area contributed by atoms with E-state index in [0.717, 1.165) is 16.7 Å². The van der Waals surface area contributed by atoms with Crippen LogP contribution in [-0.4, -0.2) is 43.0 Å². The molecule has 6 nitrogen and oxygen atoms in total. The van der Waals surface area contributed by atoms with Gasteiger partial charge in [-0.1, -0.05) is 66.7 Å². The summed E-state index contributed by atoms with van der Waals surface area (Å²) in [6.45, 7) is 0.477. The van der Waals surface area contributed by atoms with E-state index in [1.165, 1.54) is 0 Å². The largest absolute Gasteiger partial charge is 0.493 e. The number of benzene rings is 3. The summed E-state index contributed by atoms with van der Waals surface area (Å²) in [4.78, 5) is 28.8. The monoisotopic (exact) mass is 458 g/mol. The maximum absolute atomic E-state index is 14.2. The van der Waals surface area contributed by atoms with Gasteiger partial charge in [0.2, 0.25) is 11.8 Å². The average molecular weight is 459 g/mol. The number of likely N-dealkylation sites (tertiary alicyclic amines) is 1. The Morgan fingerprint density at radius 1 is 0.912 bits per heavy atom. The summed E-state index contributed by atoms with van der Waals surface area (Å²) in [5, 5.41) is 0. The molecule has 1 saturated heterocycles. The number of amides is 2. The number of hydrogen-bond donors (Lipinski definition) is 1. The van der Waals surface area contributed by atoms with Crippen molar-refractivity contribution in [3.05, 3.63) is 95.6 Å². The molecule has 1 aliphatic rings. The van der Waals surface area contributed by atoms with Crippen LogP contribution in [0.25, 0.3) is 0 Å². The SMILES string of the molecule is COc1ccc(CC2(C(N)=O)CCCN2C(=O)C(c2ccccc2)c2ccccc2)cc1OC. The molecule has 0 radical (unpaired) electrons. The molecule has 176 valence electrons. The van der Waals surface area contributed by atoms with Gasteiger partial charge >= 0.3 is 0 Å². The summed E-state index contributed by atoms with van der Waals surface area (Å²) >= 11 is 0. The zero-order valence-corrected chi connectivity index (χ0v) is 19.6. The predicted octanol–water partition coefficient (Wildman–Crippen LogP) is 3.92. The van der Waals surface area contributed by atoms with Gasteiger partial charge in [0, 0.05) is 13.0 Å². The fraction of sp³-hybridized carbons (Fsp3) is 0.286. The van der Waals surface area contributed by atoms with E-state index < -0.39 is 17.4 Å². The van der Waals surface area contributed by atoms with Crippen molar-refractivity contribution in [3.63, 3.8) is 0 Å². The minimum Gasteiger partial charge on any atom is -0.493 e. The highest BCUT2D eigenvalue weighted by molar-refractivity contribution is 5.95. The van der Waals surface area contributed by atoms with Gasteiger partial charge in [0.15, 0.2) is 11.5 Å². The third-order valence-corrected chi connectivity index (χ3v) is 6.67. The van der Waals surface area contributed by atoms with E-state index in [2.05, 4.69) is 0 Å². The fourth-order valence-corrected chi connectivity index (χ4v) is 4.98. The minimum atomic E-state index is -1.11. The van der Waals surface area contributed by atoms with Gasteiger partial charge in [0.1, 0.15) is 5.54 Å². The molecule has 34 heavy (non-hydrogen) atoms. The van der Waals surface area contributed by atoms with Gasteiger partial charge in [-0.15, -0.1) is 0 Å². The van der Waals surface area contributed by atoms with Crippen molar-refractivity contribution in [1.29, 1.82) is 0 Å². The van der Waals surface area contributed by atoms with Crippen LogP contribution in [0.15, 0.2) is 78.9 Å². The van der Waals surface area contributed by atoms with Crippen LogP contribution in [0.1, 0.15) is 35.4 Å². The first kappa shape index (κ1) is 23.4. The van der Waals surface area contributed by atoms with E-state index >= 15 is 0 Å². The summed E-state index contributed by atoms with van der Waals surface area (Å²) in [7, 11) is 3.15. The molecule has 1 atom stereocenters. The lowest BCUT2D eigenvalue weighted by atomic mass is 9.84. The second kappa shape index (κ2) is 10.00.